The Balaban J connectivity index is 1.97. The number of hydrogen-bond acceptors (Lipinski definition) is 3. The van der Waals surface area contributed by atoms with Crippen LogP contribution in [0.1, 0.15) is 39.5 Å². The molecule has 3 nitrogen and oxygen atoms in total. The minimum atomic E-state index is 0.335. The summed E-state index contributed by atoms with van der Waals surface area (Å²) in [5.74, 6) is 2.39. The van der Waals surface area contributed by atoms with Gasteiger partial charge in [-0.25, -0.2) is 0 Å². The molecule has 1 aliphatic heterocycles. The van der Waals surface area contributed by atoms with Gasteiger partial charge in [-0.3, -0.25) is 4.90 Å². The van der Waals surface area contributed by atoms with Gasteiger partial charge < -0.3 is 10.4 Å². The average Bonchev–Trinajstić information content (AvgIpc) is 2.79. The second-order valence-electron chi connectivity index (χ2n) is 6.59. The van der Waals surface area contributed by atoms with Crippen LogP contribution in [0.25, 0.3) is 0 Å². The number of aliphatic hydroxyl groups excluding tert-OH is 1. The summed E-state index contributed by atoms with van der Waals surface area (Å²) in [6.45, 7) is 7.48. The summed E-state index contributed by atoms with van der Waals surface area (Å²) in [4.78, 5) is 2.53. The lowest BCUT2D eigenvalue weighted by Gasteiger charge is -2.42. The molecule has 0 aromatic carbocycles. The van der Waals surface area contributed by atoms with E-state index in [4.69, 9.17) is 0 Å². The van der Waals surface area contributed by atoms with Gasteiger partial charge in [0.15, 0.2) is 0 Å². The Morgan fingerprint density at radius 2 is 2.06 bits per heavy atom. The zero-order valence-corrected chi connectivity index (χ0v) is 12.2. The Kier molecular flexibility index (Phi) is 5.05. The fourth-order valence-electron chi connectivity index (χ4n) is 4.16. The molecule has 2 fully saturated rings. The Morgan fingerprint density at radius 1 is 1.28 bits per heavy atom. The molecule has 5 unspecified atom stereocenters. The van der Waals surface area contributed by atoms with Crippen LogP contribution in [0, 0.1) is 17.8 Å². The van der Waals surface area contributed by atoms with Crippen molar-refractivity contribution >= 4 is 0 Å². The largest absolute Gasteiger partial charge is 0.395 e. The third kappa shape index (κ3) is 3.06. The molecule has 0 radical (unpaired) electrons. The summed E-state index contributed by atoms with van der Waals surface area (Å²) in [7, 11) is 2.11. The van der Waals surface area contributed by atoms with Crippen LogP contribution in [0.3, 0.4) is 0 Å². The highest BCUT2D eigenvalue weighted by atomic mass is 16.3. The van der Waals surface area contributed by atoms with Crippen LogP contribution >= 0.6 is 0 Å². The first-order valence-electron chi connectivity index (χ1n) is 7.67. The Bertz CT molecular complexity index is 259. The molecule has 18 heavy (non-hydrogen) atoms. The molecular weight excluding hydrogens is 224 g/mol. The number of nitrogens with zero attached hydrogens (tertiary/aromatic N) is 1. The molecule has 1 saturated heterocycles. The van der Waals surface area contributed by atoms with Crippen molar-refractivity contribution in [1.82, 2.24) is 10.2 Å². The Morgan fingerprint density at radius 3 is 2.72 bits per heavy atom. The lowest BCUT2D eigenvalue weighted by molar-refractivity contribution is 0.0811. The molecule has 1 saturated carbocycles. The lowest BCUT2D eigenvalue weighted by atomic mass is 9.72. The van der Waals surface area contributed by atoms with E-state index in [0.29, 0.717) is 18.7 Å². The van der Waals surface area contributed by atoms with Crippen LogP contribution < -0.4 is 5.32 Å². The zero-order chi connectivity index (χ0) is 13.1. The van der Waals surface area contributed by atoms with Gasteiger partial charge in [0, 0.05) is 18.6 Å². The predicted molar refractivity (Wildman–Crippen MR) is 75.6 cm³/mol. The van der Waals surface area contributed by atoms with Gasteiger partial charge in [-0.15, -0.1) is 0 Å². The van der Waals surface area contributed by atoms with Gasteiger partial charge in [0.25, 0.3) is 0 Å². The standard InChI is InChI=1S/C15H30N2O/c1-11-7-12(2)14(15(8-11)16-3)9-17-6-4-5-13(17)10-18/h11-16,18H,4-10H2,1-3H3. The van der Waals surface area contributed by atoms with E-state index in [1.165, 1.54) is 38.8 Å². The van der Waals surface area contributed by atoms with Crippen molar-refractivity contribution in [3.8, 4) is 0 Å². The highest BCUT2D eigenvalue weighted by Gasteiger charge is 2.36. The quantitative estimate of drug-likeness (QED) is 0.802. The summed E-state index contributed by atoms with van der Waals surface area (Å²) < 4.78 is 0. The van der Waals surface area contributed by atoms with Gasteiger partial charge in [-0.05, 0) is 57.0 Å². The van der Waals surface area contributed by atoms with Gasteiger partial charge in [-0.2, -0.15) is 0 Å². The fraction of sp³-hybridized carbons (Fsp3) is 1.00. The van der Waals surface area contributed by atoms with Gasteiger partial charge in [-0.1, -0.05) is 13.8 Å². The highest BCUT2D eigenvalue weighted by molar-refractivity contribution is 4.91. The van der Waals surface area contributed by atoms with Crippen molar-refractivity contribution in [2.75, 3.05) is 26.7 Å². The molecule has 5 atom stereocenters. The predicted octanol–water partition coefficient (Wildman–Crippen LogP) is 1.71. The van der Waals surface area contributed by atoms with Crippen LogP contribution in [-0.2, 0) is 0 Å². The normalized spacial score (nSPS) is 42.3. The monoisotopic (exact) mass is 254 g/mol. The second-order valence-corrected chi connectivity index (χ2v) is 6.59. The molecule has 1 heterocycles. The lowest BCUT2D eigenvalue weighted by Crippen LogP contribution is -2.49. The van der Waals surface area contributed by atoms with Crippen molar-refractivity contribution in [2.45, 2.75) is 51.6 Å². The topological polar surface area (TPSA) is 35.5 Å². The van der Waals surface area contributed by atoms with E-state index in [-0.39, 0.29) is 0 Å². The van der Waals surface area contributed by atoms with Gasteiger partial charge in [0.05, 0.1) is 6.61 Å². The van der Waals surface area contributed by atoms with Gasteiger partial charge >= 0.3 is 0 Å². The first kappa shape index (κ1) is 14.3. The van der Waals surface area contributed by atoms with E-state index < -0.39 is 0 Å². The fourth-order valence-corrected chi connectivity index (χ4v) is 4.16. The summed E-state index contributed by atoms with van der Waals surface area (Å²) in [6, 6.07) is 1.08. The molecule has 0 spiro atoms. The third-order valence-corrected chi connectivity index (χ3v) is 5.20. The van der Waals surface area contributed by atoms with Crippen LogP contribution in [-0.4, -0.2) is 48.8 Å². The Hall–Kier alpha value is -0.120. The molecule has 1 aliphatic carbocycles. The summed E-state index contributed by atoms with van der Waals surface area (Å²) >= 11 is 0. The molecular formula is C15H30N2O. The maximum Gasteiger partial charge on any atom is 0.0586 e. The van der Waals surface area contributed by atoms with Gasteiger partial charge in [0.1, 0.15) is 0 Å². The molecule has 0 aromatic heterocycles. The van der Waals surface area contributed by atoms with Crippen molar-refractivity contribution in [1.29, 1.82) is 0 Å². The van der Waals surface area contributed by atoms with Crippen molar-refractivity contribution in [3.05, 3.63) is 0 Å². The van der Waals surface area contributed by atoms with Crippen LogP contribution in [0.4, 0.5) is 0 Å². The second kappa shape index (κ2) is 6.36. The number of aliphatic hydroxyl groups is 1. The third-order valence-electron chi connectivity index (χ3n) is 5.20. The van der Waals surface area contributed by atoms with Crippen molar-refractivity contribution in [2.24, 2.45) is 17.8 Å². The van der Waals surface area contributed by atoms with Crippen LogP contribution in [0.15, 0.2) is 0 Å². The average molecular weight is 254 g/mol. The first-order valence-corrected chi connectivity index (χ1v) is 7.67. The molecule has 0 bridgehead atoms. The molecule has 2 N–H and O–H groups in total. The molecule has 106 valence electrons. The number of likely N-dealkylation sites (tertiary alicyclic amines) is 1. The van der Waals surface area contributed by atoms with Gasteiger partial charge in [0.2, 0.25) is 0 Å². The van der Waals surface area contributed by atoms with Crippen molar-refractivity contribution in [3.63, 3.8) is 0 Å². The molecule has 0 amide bonds. The maximum absolute atomic E-state index is 9.44. The number of rotatable bonds is 4. The smallest absolute Gasteiger partial charge is 0.0586 e. The van der Waals surface area contributed by atoms with Crippen LogP contribution in [0.5, 0.6) is 0 Å². The van der Waals surface area contributed by atoms with E-state index >= 15 is 0 Å². The summed E-state index contributed by atoms with van der Waals surface area (Å²) in [5.41, 5.74) is 0. The first-order chi connectivity index (χ1) is 8.65. The Labute approximate surface area is 112 Å². The summed E-state index contributed by atoms with van der Waals surface area (Å²) in [5, 5.41) is 13.0. The van der Waals surface area contributed by atoms with E-state index in [1.807, 2.05) is 0 Å². The van der Waals surface area contributed by atoms with E-state index in [0.717, 1.165) is 17.8 Å². The molecule has 0 aromatic rings. The van der Waals surface area contributed by atoms with E-state index in [2.05, 4.69) is 31.1 Å². The molecule has 2 aliphatic rings. The molecule has 2 rings (SSSR count). The van der Waals surface area contributed by atoms with Crippen molar-refractivity contribution < 1.29 is 5.11 Å². The summed E-state index contributed by atoms with van der Waals surface area (Å²) in [6.07, 6.45) is 5.11. The number of hydrogen-bond donors (Lipinski definition) is 2. The highest BCUT2D eigenvalue weighted by Crippen LogP contribution is 2.35. The van der Waals surface area contributed by atoms with E-state index in [1.54, 1.807) is 0 Å². The van der Waals surface area contributed by atoms with E-state index in [9.17, 15) is 5.11 Å². The maximum atomic E-state index is 9.44. The SMILES string of the molecule is CNC1CC(C)CC(C)C1CN1CCCC1CO. The minimum Gasteiger partial charge on any atom is -0.395 e. The minimum absolute atomic E-state index is 0.335. The molecule has 3 heteroatoms. The number of nitrogens with one attached hydrogen (secondary N) is 1. The zero-order valence-electron chi connectivity index (χ0n) is 12.2. The van der Waals surface area contributed by atoms with Crippen LogP contribution in [0.2, 0.25) is 0 Å².